The van der Waals surface area contributed by atoms with Gasteiger partial charge in [0, 0.05) is 37.9 Å². The summed E-state index contributed by atoms with van der Waals surface area (Å²) in [6.07, 6.45) is 3.29. The predicted molar refractivity (Wildman–Crippen MR) is 199 cm³/mol. The Bertz CT molecular complexity index is 2040. The number of benzene rings is 1. The van der Waals surface area contributed by atoms with E-state index >= 15 is 0 Å². The number of alkyl halides is 2. The number of sulfonamides is 1. The number of carbonyl (C=O) groups is 4. The lowest BCUT2D eigenvalue weighted by Crippen LogP contribution is -2.59. The summed E-state index contributed by atoms with van der Waals surface area (Å²) in [7, 11) is -1.53. The molecule has 0 bridgehead atoms. The topological polar surface area (TPSA) is 174 Å². The van der Waals surface area contributed by atoms with Gasteiger partial charge in [-0.1, -0.05) is 26.0 Å². The van der Waals surface area contributed by atoms with Crippen molar-refractivity contribution in [1.29, 1.82) is 0 Å². The number of rotatable bonds is 14. The molecular formula is C38H50F3N5O9S. The lowest BCUT2D eigenvalue weighted by Gasteiger charge is -2.37. The Kier molecular flexibility index (Phi) is 11.4. The molecule has 2 N–H and O–H groups in total. The molecule has 14 nitrogen and oxygen atoms in total. The van der Waals surface area contributed by atoms with E-state index in [0.29, 0.717) is 25.2 Å². The summed E-state index contributed by atoms with van der Waals surface area (Å²) in [5.41, 5.74) is -3.89. The number of methoxy groups -OCH3 is 1. The van der Waals surface area contributed by atoms with Crippen LogP contribution in [0.25, 0.3) is 10.8 Å². The van der Waals surface area contributed by atoms with E-state index < -0.39 is 91.5 Å². The molecule has 1 aromatic heterocycles. The average molecular weight is 810 g/mol. The monoisotopic (exact) mass is 809 g/mol. The van der Waals surface area contributed by atoms with Crippen LogP contribution in [0.15, 0.2) is 36.5 Å². The highest BCUT2D eigenvalue weighted by molar-refractivity contribution is 7.91. The Morgan fingerprint density at radius 3 is 2.38 bits per heavy atom. The van der Waals surface area contributed by atoms with Crippen LogP contribution in [0.5, 0.6) is 11.6 Å². The minimum Gasteiger partial charge on any atom is -0.494 e. The zero-order valence-corrected chi connectivity index (χ0v) is 33.8. The van der Waals surface area contributed by atoms with Crippen molar-refractivity contribution in [2.75, 3.05) is 20.7 Å². The fourth-order valence-electron chi connectivity index (χ4n) is 6.79. The number of likely N-dealkylation sites (N-methyl/N-ethyl adjacent to an activating group) is 1. The molecule has 2 aliphatic carbocycles. The predicted octanol–water partition coefficient (Wildman–Crippen LogP) is 4.71. The van der Waals surface area contributed by atoms with Gasteiger partial charge in [-0.15, -0.1) is 0 Å². The molecule has 1 aliphatic heterocycles. The number of nitrogens with one attached hydrogen (secondary N) is 2. The van der Waals surface area contributed by atoms with Crippen LogP contribution >= 0.6 is 0 Å². The van der Waals surface area contributed by atoms with Crippen molar-refractivity contribution in [1.82, 2.24) is 24.8 Å². The van der Waals surface area contributed by atoms with E-state index in [9.17, 15) is 40.8 Å². The highest BCUT2D eigenvalue weighted by atomic mass is 32.2. The molecule has 5 rings (SSSR count). The van der Waals surface area contributed by atoms with Crippen LogP contribution in [-0.4, -0.2) is 108 Å². The molecule has 0 unspecified atom stereocenters. The normalized spacial score (nSPS) is 23.8. The van der Waals surface area contributed by atoms with Crippen molar-refractivity contribution >= 4 is 44.6 Å². The summed E-state index contributed by atoms with van der Waals surface area (Å²) in [5, 5.41) is 3.55. The van der Waals surface area contributed by atoms with Crippen LogP contribution in [0, 0.1) is 17.7 Å². The van der Waals surface area contributed by atoms with Crippen molar-refractivity contribution in [3.05, 3.63) is 42.4 Å². The Morgan fingerprint density at radius 2 is 1.80 bits per heavy atom. The quantitative estimate of drug-likeness (QED) is 0.255. The number of hydrogen-bond donors (Lipinski definition) is 2. The molecule has 3 fully saturated rings. The van der Waals surface area contributed by atoms with Crippen molar-refractivity contribution < 1.29 is 55.0 Å². The third-order valence-corrected chi connectivity index (χ3v) is 13.3. The van der Waals surface area contributed by atoms with Gasteiger partial charge in [-0.3, -0.25) is 24.0 Å². The van der Waals surface area contributed by atoms with Gasteiger partial charge >= 0.3 is 6.09 Å². The van der Waals surface area contributed by atoms with Crippen molar-refractivity contribution in [2.45, 2.75) is 114 Å². The van der Waals surface area contributed by atoms with Gasteiger partial charge in [-0.25, -0.2) is 31.4 Å². The van der Waals surface area contributed by atoms with Crippen LogP contribution < -0.4 is 19.5 Å². The van der Waals surface area contributed by atoms with Gasteiger partial charge in [-0.05, 0) is 76.5 Å². The van der Waals surface area contributed by atoms with E-state index in [1.165, 1.54) is 44.3 Å². The van der Waals surface area contributed by atoms with Crippen molar-refractivity contribution in [3.8, 4) is 11.6 Å². The van der Waals surface area contributed by atoms with Crippen molar-refractivity contribution in [2.24, 2.45) is 11.8 Å². The van der Waals surface area contributed by atoms with E-state index in [1.807, 2.05) is 0 Å². The summed E-state index contributed by atoms with van der Waals surface area (Å²) in [6.45, 7) is 8.92. The third-order valence-electron chi connectivity index (χ3n) is 11.1. The van der Waals surface area contributed by atoms with Gasteiger partial charge in [0.25, 0.3) is 11.8 Å². The van der Waals surface area contributed by atoms with E-state index in [0.717, 1.165) is 18.7 Å². The van der Waals surface area contributed by atoms with Gasteiger partial charge < -0.3 is 24.4 Å². The molecule has 1 aromatic carbocycles. The minimum atomic E-state index is -4.07. The zero-order chi connectivity index (χ0) is 41.8. The number of amides is 4. The van der Waals surface area contributed by atoms with E-state index in [2.05, 4.69) is 15.0 Å². The van der Waals surface area contributed by atoms with Crippen LogP contribution in [0.4, 0.5) is 18.0 Å². The summed E-state index contributed by atoms with van der Waals surface area (Å²) in [6, 6.07) is 1.60. The number of ether oxygens (including phenoxy) is 3. The molecule has 0 spiro atoms. The molecule has 308 valence electrons. The van der Waals surface area contributed by atoms with Crippen molar-refractivity contribution in [3.63, 3.8) is 0 Å². The maximum Gasteiger partial charge on any atom is 0.410 e. The van der Waals surface area contributed by atoms with Crippen LogP contribution in [0.1, 0.15) is 74.1 Å². The summed E-state index contributed by atoms with van der Waals surface area (Å²) in [4.78, 5) is 62.3. The maximum absolute atomic E-state index is 14.8. The Morgan fingerprint density at radius 1 is 1.14 bits per heavy atom. The second-order valence-corrected chi connectivity index (χ2v) is 18.3. The number of hydrogen-bond acceptors (Lipinski definition) is 10. The number of nitrogens with zero attached hydrogens (tertiary/aromatic N) is 3. The number of carbonyl (C=O) groups excluding carboxylic acids is 4. The first-order chi connectivity index (χ1) is 25.9. The van der Waals surface area contributed by atoms with Gasteiger partial charge in [0.2, 0.25) is 27.7 Å². The largest absolute Gasteiger partial charge is 0.494 e. The fourth-order valence-corrected chi connectivity index (χ4v) is 8.10. The summed E-state index contributed by atoms with van der Waals surface area (Å²) in [5.74, 6) is -7.78. The number of aromatic nitrogens is 1. The van der Waals surface area contributed by atoms with Crippen LogP contribution in [0.3, 0.4) is 0 Å². The molecule has 1 saturated heterocycles. The summed E-state index contributed by atoms with van der Waals surface area (Å²) >= 11 is 0. The first kappa shape index (κ1) is 42.5. The number of halogens is 3. The first-order valence-corrected chi connectivity index (χ1v) is 19.8. The Balaban J connectivity index is 1.48. The fraction of sp³-hybridized carbons (Fsp3) is 0.605. The highest BCUT2D eigenvalue weighted by Crippen LogP contribution is 2.47. The number of allylic oxidation sites excluding steroid dienone is 1. The number of fused-ring (bicyclic) bond motifs is 1. The molecule has 2 aromatic rings. The zero-order valence-electron chi connectivity index (χ0n) is 32.9. The standard InChI is InChI=1S/C38H50F3N5O9S/c1-10-11-23-19-38(23,33(49)44-56(51,52)36(6)13-14-36)43-30(47)27-17-24(54-31-25-18-26(39)28(53-9)16-22(25)12-15-42-31)20-46(27)32(48)29(21(2)3)45(8)34(50)55-35(4,5)37(7,40)41/h10-12,15-16,18,21,23-24,27,29H,13-14,17,19-20H2,1-9H3,(H,43,47)(H,44,49)/b11-10-/t23-,24-,27+,29+,38-/m1/s1. The Labute approximate surface area is 324 Å². The SMILES string of the molecule is C/C=C\[C@@H]1C[C@]1(NC(=O)[C@@H]1C[C@@H](Oc2nccc3cc(OC)c(F)cc23)CN1C(=O)[C@H](C(C)C)N(C)C(=O)OC(C)(C)C(C)(F)F)C(=O)NS(=O)(=O)C1(C)CC1. The molecular weight excluding hydrogens is 760 g/mol. The molecule has 2 saturated carbocycles. The van der Waals surface area contributed by atoms with Gasteiger partial charge in [0.05, 0.1) is 18.4 Å². The van der Waals surface area contributed by atoms with Crippen LogP contribution in [-0.2, 0) is 29.1 Å². The smallest absolute Gasteiger partial charge is 0.410 e. The highest BCUT2D eigenvalue weighted by Gasteiger charge is 2.63. The average Bonchev–Trinajstić information content (AvgIpc) is 3.97. The molecule has 56 heavy (non-hydrogen) atoms. The molecule has 4 amide bonds. The van der Waals surface area contributed by atoms with E-state index in [1.54, 1.807) is 39.0 Å². The number of likely N-dealkylation sites (tertiary alicyclic amines) is 1. The molecule has 2 heterocycles. The minimum absolute atomic E-state index is 0.00342. The van der Waals surface area contributed by atoms with Gasteiger partial charge in [-0.2, -0.15) is 0 Å². The van der Waals surface area contributed by atoms with E-state index in [-0.39, 0.29) is 36.4 Å². The second kappa shape index (κ2) is 15.0. The van der Waals surface area contributed by atoms with E-state index in [4.69, 9.17) is 14.2 Å². The third kappa shape index (κ3) is 8.11. The number of pyridine rings is 1. The summed E-state index contributed by atoms with van der Waals surface area (Å²) < 4.78 is 87.1. The lowest BCUT2D eigenvalue weighted by atomic mass is 10.0. The van der Waals surface area contributed by atoms with Crippen LogP contribution in [0.2, 0.25) is 0 Å². The van der Waals surface area contributed by atoms with Gasteiger partial charge in [0.15, 0.2) is 17.2 Å². The second-order valence-electron chi connectivity index (χ2n) is 16.1. The lowest BCUT2D eigenvalue weighted by molar-refractivity contribution is -0.158. The molecule has 18 heteroatoms. The molecule has 3 aliphatic rings. The molecule has 5 atom stereocenters. The maximum atomic E-state index is 14.8. The first-order valence-electron chi connectivity index (χ1n) is 18.4. The Hall–Kier alpha value is -4.61. The van der Waals surface area contributed by atoms with Gasteiger partial charge in [0.1, 0.15) is 23.7 Å². The molecule has 0 radical (unpaired) electrons.